The van der Waals surface area contributed by atoms with Crippen molar-refractivity contribution in [2.45, 2.75) is 90.4 Å². The maximum Gasteiger partial charge on any atom is 0.323 e. The number of carbonyl (C=O) groups is 2. The molecule has 2 saturated heterocycles. The van der Waals surface area contributed by atoms with Crippen LogP contribution in [0.5, 0.6) is 0 Å². The number of urea groups is 1. The van der Waals surface area contributed by atoms with Gasteiger partial charge in [0.05, 0.1) is 18.8 Å². The van der Waals surface area contributed by atoms with Gasteiger partial charge in [-0.1, -0.05) is 104 Å². The molecule has 2 aliphatic heterocycles. The minimum Gasteiger partial charge on any atom is -0.459 e. The SMILES string of the molecule is CC1C(CN2CCCC2C(=O)OC(C)(C)C)OC(c2ccc(-c3cccc(CNC(=O)NCc4ccccc4)c3)cc2)OC1c1ccc(CO)cc1. The van der Waals surface area contributed by atoms with Crippen LogP contribution in [-0.4, -0.2) is 52.8 Å². The number of carbonyl (C=O) groups excluding carboxylic acids is 2. The summed E-state index contributed by atoms with van der Waals surface area (Å²) in [5.74, 6) is -0.189. The number of hydrogen-bond donors (Lipinski definition) is 3. The van der Waals surface area contributed by atoms with Crippen LogP contribution in [-0.2, 0) is 38.7 Å². The standard InChI is InChI=1S/C43H51N3O6/c1-29-38(27-46-23-9-14-37(46)40(48)52-43(2,3)4)50-41(51-39(29)34-17-15-31(28-47)16-18-34)35-21-19-33(20-22-35)36-13-8-12-32(24-36)26-45-42(49)44-25-30-10-6-5-7-11-30/h5-8,10-13,15-22,24,29,37-39,41,47H,9,14,23,25-28H2,1-4H3,(H2,44,45,49). The van der Waals surface area contributed by atoms with Crippen LogP contribution in [0.1, 0.15) is 80.7 Å². The summed E-state index contributed by atoms with van der Waals surface area (Å²) in [6, 6.07) is 33.6. The first-order valence-corrected chi connectivity index (χ1v) is 18.3. The van der Waals surface area contributed by atoms with Gasteiger partial charge in [-0.25, -0.2) is 4.79 Å². The Labute approximate surface area is 307 Å². The Morgan fingerprint density at radius 1 is 0.808 bits per heavy atom. The van der Waals surface area contributed by atoms with Gasteiger partial charge in [0.15, 0.2) is 6.29 Å². The van der Waals surface area contributed by atoms with Crippen LogP contribution < -0.4 is 10.6 Å². The number of nitrogens with zero attached hydrogens (tertiary/aromatic N) is 1. The number of nitrogens with one attached hydrogen (secondary N) is 2. The molecule has 9 nitrogen and oxygen atoms in total. The molecule has 5 atom stereocenters. The molecule has 274 valence electrons. The molecule has 2 heterocycles. The van der Waals surface area contributed by atoms with Crippen molar-refractivity contribution in [3.8, 4) is 11.1 Å². The topological polar surface area (TPSA) is 109 Å². The Hall–Kier alpha value is -4.54. The number of hydrogen-bond acceptors (Lipinski definition) is 7. The molecule has 2 amide bonds. The quantitative estimate of drug-likeness (QED) is 0.139. The molecule has 5 unspecified atom stereocenters. The molecule has 2 fully saturated rings. The third kappa shape index (κ3) is 9.66. The lowest BCUT2D eigenvalue weighted by Crippen LogP contribution is -2.48. The summed E-state index contributed by atoms with van der Waals surface area (Å²) in [5.41, 5.74) is 6.32. The number of benzene rings is 4. The smallest absolute Gasteiger partial charge is 0.323 e. The van der Waals surface area contributed by atoms with E-state index in [4.69, 9.17) is 14.2 Å². The molecule has 4 aromatic rings. The minimum atomic E-state index is -0.620. The van der Waals surface area contributed by atoms with Crippen LogP contribution >= 0.6 is 0 Å². The molecule has 0 radical (unpaired) electrons. The van der Waals surface area contributed by atoms with Crippen LogP contribution in [0.4, 0.5) is 4.79 Å². The molecule has 52 heavy (non-hydrogen) atoms. The predicted octanol–water partition coefficient (Wildman–Crippen LogP) is 7.44. The molecular formula is C43H51N3O6. The normalized spacial score (nSPS) is 22.1. The lowest BCUT2D eigenvalue weighted by molar-refractivity contribution is -0.276. The lowest BCUT2D eigenvalue weighted by Gasteiger charge is -2.43. The molecule has 0 aromatic heterocycles. The Morgan fingerprint density at radius 2 is 1.48 bits per heavy atom. The summed E-state index contributed by atoms with van der Waals surface area (Å²) in [4.78, 5) is 27.8. The first-order valence-electron chi connectivity index (χ1n) is 18.3. The first-order chi connectivity index (χ1) is 25.1. The third-order valence-corrected chi connectivity index (χ3v) is 9.77. The highest BCUT2D eigenvalue weighted by atomic mass is 16.7. The van der Waals surface area contributed by atoms with Crippen LogP contribution in [0, 0.1) is 5.92 Å². The second-order valence-electron chi connectivity index (χ2n) is 14.9. The van der Waals surface area contributed by atoms with Crippen LogP contribution in [0.15, 0.2) is 103 Å². The van der Waals surface area contributed by atoms with E-state index in [-0.39, 0.29) is 42.8 Å². The summed E-state index contributed by atoms with van der Waals surface area (Å²) in [6.07, 6.45) is 0.607. The second-order valence-corrected chi connectivity index (χ2v) is 14.9. The molecule has 6 rings (SSSR count). The van der Waals surface area contributed by atoms with E-state index in [1.165, 1.54) is 0 Å². The van der Waals surface area contributed by atoms with E-state index in [1.54, 1.807) is 0 Å². The van der Waals surface area contributed by atoms with Gasteiger partial charge in [0.25, 0.3) is 0 Å². The number of aliphatic hydroxyl groups excluding tert-OH is 1. The number of esters is 1. The van der Waals surface area contributed by atoms with Crippen LogP contribution in [0.3, 0.4) is 0 Å². The summed E-state index contributed by atoms with van der Waals surface area (Å²) < 4.78 is 19.2. The Bertz CT molecular complexity index is 1770. The minimum absolute atomic E-state index is 0.00726. The van der Waals surface area contributed by atoms with E-state index < -0.39 is 11.9 Å². The summed E-state index contributed by atoms with van der Waals surface area (Å²) in [6.45, 7) is 10.1. The molecule has 0 bridgehead atoms. The molecule has 4 aromatic carbocycles. The van der Waals surface area contributed by atoms with Crippen molar-refractivity contribution in [1.82, 2.24) is 15.5 Å². The molecule has 3 N–H and O–H groups in total. The molecule has 0 spiro atoms. The zero-order chi connectivity index (χ0) is 36.7. The van der Waals surface area contributed by atoms with Crippen LogP contribution in [0.2, 0.25) is 0 Å². The predicted molar refractivity (Wildman–Crippen MR) is 201 cm³/mol. The van der Waals surface area contributed by atoms with Gasteiger partial charge in [-0.3, -0.25) is 9.69 Å². The van der Waals surface area contributed by atoms with Crippen LogP contribution in [0.25, 0.3) is 11.1 Å². The van der Waals surface area contributed by atoms with Gasteiger partial charge in [-0.2, -0.15) is 0 Å². The van der Waals surface area contributed by atoms with Gasteiger partial charge in [0.1, 0.15) is 11.6 Å². The molecule has 2 aliphatic rings. The zero-order valence-electron chi connectivity index (χ0n) is 30.6. The van der Waals surface area contributed by atoms with Crippen molar-refractivity contribution in [1.29, 1.82) is 0 Å². The van der Waals surface area contributed by atoms with Crippen molar-refractivity contribution in [2.24, 2.45) is 5.92 Å². The number of likely N-dealkylation sites (tertiary alicyclic amines) is 1. The van der Waals surface area contributed by atoms with Crippen molar-refractivity contribution in [3.63, 3.8) is 0 Å². The van der Waals surface area contributed by atoms with Crippen molar-refractivity contribution < 1.29 is 28.9 Å². The van der Waals surface area contributed by atoms with Crippen molar-refractivity contribution in [3.05, 3.63) is 131 Å². The number of rotatable bonds is 11. The summed E-state index contributed by atoms with van der Waals surface area (Å²) in [5, 5.41) is 15.5. The molecular weight excluding hydrogens is 654 g/mol. The Morgan fingerprint density at radius 3 is 2.17 bits per heavy atom. The van der Waals surface area contributed by atoms with E-state index in [1.807, 2.05) is 99.6 Å². The summed E-state index contributed by atoms with van der Waals surface area (Å²) >= 11 is 0. The van der Waals surface area contributed by atoms with Gasteiger partial charge < -0.3 is 30.0 Å². The average Bonchev–Trinajstić information content (AvgIpc) is 3.62. The number of aliphatic hydroxyl groups is 1. The van der Waals surface area contributed by atoms with E-state index >= 15 is 0 Å². The third-order valence-electron chi connectivity index (χ3n) is 9.77. The number of ether oxygens (including phenoxy) is 3. The van der Waals surface area contributed by atoms with E-state index in [0.717, 1.165) is 58.3 Å². The first kappa shape index (κ1) is 37.2. The van der Waals surface area contributed by atoms with Gasteiger partial charge in [0.2, 0.25) is 0 Å². The van der Waals surface area contributed by atoms with Gasteiger partial charge in [-0.05, 0) is 79.6 Å². The average molecular weight is 706 g/mol. The maximum atomic E-state index is 13.2. The van der Waals surface area contributed by atoms with E-state index in [2.05, 4.69) is 46.7 Å². The number of amides is 2. The maximum absolute atomic E-state index is 13.2. The van der Waals surface area contributed by atoms with E-state index in [9.17, 15) is 14.7 Å². The Kier molecular flexibility index (Phi) is 12.1. The summed E-state index contributed by atoms with van der Waals surface area (Å²) in [7, 11) is 0. The molecule has 9 heteroatoms. The fourth-order valence-corrected chi connectivity index (χ4v) is 6.96. The zero-order valence-corrected chi connectivity index (χ0v) is 30.6. The fourth-order valence-electron chi connectivity index (χ4n) is 6.96. The highest BCUT2D eigenvalue weighted by molar-refractivity contribution is 5.76. The van der Waals surface area contributed by atoms with Gasteiger partial charge in [0, 0.05) is 31.1 Å². The monoisotopic (exact) mass is 705 g/mol. The van der Waals surface area contributed by atoms with E-state index in [0.29, 0.717) is 19.6 Å². The second kappa shape index (κ2) is 16.9. The van der Waals surface area contributed by atoms with Gasteiger partial charge >= 0.3 is 12.0 Å². The highest BCUT2D eigenvalue weighted by Gasteiger charge is 2.42. The van der Waals surface area contributed by atoms with Crippen molar-refractivity contribution >= 4 is 12.0 Å². The lowest BCUT2D eigenvalue weighted by atomic mass is 9.89. The fraction of sp³-hybridized carbons (Fsp3) is 0.395. The molecule has 0 aliphatic carbocycles. The molecule has 0 saturated carbocycles. The highest BCUT2D eigenvalue weighted by Crippen LogP contribution is 2.42. The van der Waals surface area contributed by atoms with Gasteiger partial charge in [-0.15, -0.1) is 0 Å². The Balaban J connectivity index is 1.15. The van der Waals surface area contributed by atoms with Crippen molar-refractivity contribution in [2.75, 3.05) is 13.1 Å². The largest absolute Gasteiger partial charge is 0.459 e.